The van der Waals surface area contributed by atoms with Gasteiger partial charge in [-0.1, -0.05) is 0 Å². The lowest BCUT2D eigenvalue weighted by molar-refractivity contribution is 0.0174. The highest BCUT2D eigenvalue weighted by atomic mass is 19.1. The number of hydrogen-bond acceptors (Lipinski definition) is 4. The van der Waals surface area contributed by atoms with Gasteiger partial charge in [-0.3, -0.25) is 14.3 Å². The van der Waals surface area contributed by atoms with Crippen LogP contribution in [0.2, 0.25) is 0 Å². The first-order chi connectivity index (χ1) is 8.04. The minimum atomic E-state index is -1.47. The molecule has 1 fully saturated rings. The summed E-state index contributed by atoms with van der Waals surface area (Å²) in [4.78, 5) is 24.8. The minimum absolute atomic E-state index is 0.0486. The summed E-state index contributed by atoms with van der Waals surface area (Å²) >= 11 is 0. The summed E-state index contributed by atoms with van der Waals surface area (Å²) in [6.45, 7) is 1.22. The Morgan fingerprint density at radius 2 is 2.35 bits per heavy atom. The summed E-state index contributed by atoms with van der Waals surface area (Å²) in [6, 6.07) is 0. The van der Waals surface area contributed by atoms with Crippen molar-refractivity contribution in [2.75, 3.05) is 13.2 Å². The first kappa shape index (κ1) is 12.0. The van der Waals surface area contributed by atoms with Gasteiger partial charge in [-0.15, -0.1) is 0 Å². The van der Waals surface area contributed by atoms with Crippen molar-refractivity contribution in [3.05, 3.63) is 32.6 Å². The van der Waals surface area contributed by atoms with E-state index < -0.39 is 29.6 Å². The van der Waals surface area contributed by atoms with Gasteiger partial charge in [0.15, 0.2) is 12.4 Å². The third-order valence-electron chi connectivity index (χ3n) is 2.86. The average Bonchev–Trinajstić information content (AvgIpc) is 2.65. The van der Waals surface area contributed by atoms with E-state index in [1.165, 1.54) is 13.1 Å². The summed E-state index contributed by atoms with van der Waals surface area (Å²) in [5, 5.41) is 8.90. The molecule has 2 N–H and O–H groups in total. The highest BCUT2D eigenvalue weighted by Gasteiger charge is 2.38. The number of alkyl halides is 1. The van der Waals surface area contributed by atoms with Gasteiger partial charge in [0, 0.05) is 17.7 Å². The monoisotopic (exact) mass is 244 g/mol. The van der Waals surface area contributed by atoms with E-state index in [1.807, 2.05) is 0 Å². The zero-order valence-electron chi connectivity index (χ0n) is 9.22. The number of H-pyrrole nitrogens is 1. The zero-order chi connectivity index (χ0) is 12.6. The van der Waals surface area contributed by atoms with Crippen LogP contribution in [0.4, 0.5) is 4.39 Å². The Morgan fingerprint density at radius 3 is 2.94 bits per heavy atom. The molecule has 1 aromatic heterocycles. The second kappa shape index (κ2) is 4.42. The number of halogens is 1. The molecule has 1 aliphatic heterocycles. The molecule has 7 heteroatoms. The molecule has 0 spiro atoms. The zero-order valence-corrected chi connectivity index (χ0v) is 9.22. The highest BCUT2D eigenvalue weighted by Crippen LogP contribution is 2.29. The van der Waals surface area contributed by atoms with Crippen molar-refractivity contribution >= 4 is 0 Å². The van der Waals surface area contributed by atoms with Crippen LogP contribution in [-0.2, 0) is 4.74 Å². The van der Waals surface area contributed by atoms with Gasteiger partial charge >= 0.3 is 5.69 Å². The number of nitrogens with zero attached hydrogens (tertiary/aromatic N) is 1. The topological polar surface area (TPSA) is 84.3 Å². The molecule has 0 radical (unpaired) electrons. The number of nitrogens with one attached hydrogen (secondary N) is 1. The normalized spacial score (nSPS) is 28.5. The highest BCUT2D eigenvalue weighted by molar-refractivity contribution is 5.02. The third-order valence-corrected chi connectivity index (χ3v) is 2.86. The molecular weight excluding hydrogens is 231 g/mol. The van der Waals surface area contributed by atoms with Crippen LogP contribution in [0, 0.1) is 12.8 Å². The minimum Gasteiger partial charge on any atom is -0.396 e. The van der Waals surface area contributed by atoms with Crippen molar-refractivity contribution in [2.45, 2.75) is 19.3 Å². The van der Waals surface area contributed by atoms with Gasteiger partial charge in [-0.25, -0.2) is 9.18 Å². The number of hydrogen-bond donors (Lipinski definition) is 2. The fourth-order valence-corrected chi connectivity index (χ4v) is 1.80. The van der Waals surface area contributed by atoms with E-state index in [0.717, 1.165) is 4.57 Å². The Bertz CT molecular complexity index is 524. The molecule has 1 saturated heterocycles. The molecule has 0 aromatic carbocycles. The molecule has 6 nitrogen and oxygen atoms in total. The fraction of sp³-hybridized carbons (Fsp3) is 0.600. The maximum atomic E-state index is 13.8. The molecule has 1 aromatic rings. The molecule has 0 bridgehead atoms. The van der Waals surface area contributed by atoms with Gasteiger partial charge in [-0.2, -0.15) is 0 Å². The second-order valence-electron chi connectivity index (χ2n) is 4.09. The summed E-state index contributed by atoms with van der Waals surface area (Å²) < 4.78 is 20.0. The molecule has 3 atom stereocenters. The standard InChI is InChI=1S/C10H13FN2O4/c1-5-2-13(10(16)12-8(5)15)9-7(11)6(3-14)4-17-9/h2,6-7,9,14H,3-4H2,1H3,(H,12,15,16). The first-order valence-corrected chi connectivity index (χ1v) is 5.23. The van der Waals surface area contributed by atoms with Crippen LogP contribution in [0.3, 0.4) is 0 Å². The second-order valence-corrected chi connectivity index (χ2v) is 4.09. The molecule has 94 valence electrons. The van der Waals surface area contributed by atoms with Crippen LogP contribution in [0.5, 0.6) is 0 Å². The van der Waals surface area contributed by atoms with Gasteiger partial charge in [0.2, 0.25) is 0 Å². The molecular formula is C10H13FN2O4. The molecule has 17 heavy (non-hydrogen) atoms. The fourth-order valence-electron chi connectivity index (χ4n) is 1.80. The van der Waals surface area contributed by atoms with Crippen LogP contribution in [0.25, 0.3) is 0 Å². The van der Waals surface area contributed by atoms with E-state index in [1.54, 1.807) is 0 Å². The van der Waals surface area contributed by atoms with Crippen LogP contribution in [-0.4, -0.2) is 34.0 Å². The number of ether oxygens (including phenoxy) is 1. The van der Waals surface area contributed by atoms with Crippen molar-refractivity contribution in [1.82, 2.24) is 9.55 Å². The van der Waals surface area contributed by atoms with E-state index in [0.29, 0.717) is 5.56 Å². The molecule has 1 aliphatic rings. The number of aliphatic hydroxyl groups is 1. The van der Waals surface area contributed by atoms with Gasteiger partial charge in [0.1, 0.15) is 0 Å². The van der Waals surface area contributed by atoms with Crippen molar-refractivity contribution < 1.29 is 14.2 Å². The Kier molecular flexibility index (Phi) is 3.12. The average molecular weight is 244 g/mol. The molecule has 2 heterocycles. The maximum absolute atomic E-state index is 13.8. The first-order valence-electron chi connectivity index (χ1n) is 5.23. The Morgan fingerprint density at radius 1 is 1.65 bits per heavy atom. The molecule has 2 rings (SSSR count). The van der Waals surface area contributed by atoms with Crippen LogP contribution in [0.15, 0.2) is 15.8 Å². The van der Waals surface area contributed by atoms with Crippen LogP contribution in [0.1, 0.15) is 11.8 Å². The number of aromatic nitrogens is 2. The summed E-state index contributed by atoms with van der Waals surface area (Å²) in [5.74, 6) is -0.640. The van der Waals surface area contributed by atoms with Crippen molar-refractivity contribution in [2.24, 2.45) is 5.92 Å². The molecule has 0 aliphatic carbocycles. The number of rotatable bonds is 2. The van der Waals surface area contributed by atoms with Crippen LogP contribution >= 0.6 is 0 Å². The predicted octanol–water partition coefficient (Wildman–Crippen LogP) is -0.680. The number of aryl methyl sites for hydroxylation is 1. The summed E-state index contributed by atoms with van der Waals surface area (Å²) in [6.07, 6.45) is -1.30. The van der Waals surface area contributed by atoms with Crippen molar-refractivity contribution in [1.29, 1.82) is 0 Å². The van der Waals surface area contributed by atoms with E-state index in [9.17, 15) is 14.0 Å². The molecule has 0 amide bonds. The van der Waals surface area contributed by atoms with Crippen molar-refractivity contribution in [3.63, 3.8) is 0 Å². The van der Waals surface area contributed by atoms with E-state index >= 15 is 0 Å². The predicted molar refractivity (Wildman–Crippen MR) is 56.5 cm³/mol. The number of aliphatic hydroxyl groups excluding tert-OH is 1. The molecule has 3 unspecified atom stereocenters. The Hall–Kier alpha value is -1.47. The van der Waals surface area contributed by atoms with Crippen molar-refractivity contribution in [3.8, 4) is 0 Å². The number of aromatic amines is 1. The van der Waals surface area contributed by atoms with Gasteiger partial charge in [0.25, 0.3) is 5.56 Å². The smallest absolute Gasteiger partial charge is 0.330 e. The lowest BCUT2D eigenvalue weighted by Gasteiger charge is -2.16. The Labute approximate surface area is 95.7 Å². The lowest BCUT2D eigenvalue weighted by Crippen LogP contribution is -2.36. The van der Waals surface area contributed by atoms with E-state index in [4.69, 9.17) is 9.84 Å². The lowest BCUT2D eigenvalue weighted by atomic mass is 10.1. The van der Waals surface area contributed by atoms with E-state index in [2.05, 4.69) is 4.98 Å². The largest absolute Gasteiger partial charge is 0.396 e. The third kappa shape index (κ3) is 2.03. The van der Waals surface area contributed by atoms with Crippen LogP contribution < -0.4 is 11.2 Å². The maximum Gasteiger partial charge on any atom is 0.330 e. The summed E-state index contributed by atoms with van der Waals surface area (Å²) in [5.41, 5.74) is -0.918. The van der Waals surface area contributed by atoms with Gasteiger partial charge in [-0.05, 0) is 6.92 Å². The summed E-state index contributed by atoms with van der Waals surface area (Å²) in [7, 11) is 0. The van der Waals surface area contributed by atoms with Gasteiger partial charge < -0.3 is 9.84 Å². The SMILES string of the molecule is Cc1cn(C2OCC(CO)C2F)c(=O)[nH]c1=O. The molecule has 0 saturated carbocycles. The Balaban J connectivity index is 2.39. The quantitative estimate of drug-likeness (QED) is 0.722. The van der Waals surface area contributed by atoms with Gasteiger partial charge in [0.05, 0.1) is 13.2 Å². The van der Waals surface area contributed by atoms with E-state index in [-0.39, 0.29) is 13.2 Å².